The van der Waals surface area contributed by atoms with Crippen molar-refractivity contribution in [1.82, 2.24) is 9.97 Å². The summed E-state index contributed by atoms with van der Waals surface area (Å²) in [4.78, 5) is 20.2. The largest absolute Gasteiger partial charge is 0.302 e. The molecule has 5 heteroatoms. The summed E-state index contributed by atoms with van der Waals surface area (Å²) in [7, 11) is 0. The second kappa shape index (κ2) is 5.73. The number of carbonyl (C=O) groups is 1. The van der Waals surface area contributed by atoms with E-state index >= 15 is 0 Å². The van der Waals surface area contributed by atoms with Crippen molar-refractivity contribution in [3.8, 4) is 11.4 Å². The third-order valence-electron chi connectivity index (χ3n) is 2.27. The van der Waals surface area contributed by atoms with Gasteiger partial charge in [0.2, 0.25) is 5.91 Å². The zero-order valence-electron chi connectivity index (χ0n) is 10.4. The van der Waals surface area contributed by atoms with Crippen molar-refractivity contribution >= 4 is 22.4 Å². The lowest BCUT2D eigenvalue weighted by atomic mass is 10.1. The normalized spacial score (nSPS) is 10.6. The van der Waals surface area contributed by atoms with E-state index in [-0.39, 0.29) is 5.91 Å². The number of pyridine rings is 1. The number of thiazole rings is 1. The average Bonchev–Trinajstić information content (AvgIpc) is 2.77. The van der Waals surface area contributed by atoms with Gasteiger partial charge in [-0.1, -0.05) is 19.9 Å². The van der Waals surface area contributed by atoms with Crippen LogP contribution in [-0.4, -0.2) is 15.9 Å². The van der Waals surface area contributed by atoms with Gasteiger partial charge in [0.25, 0.3) is 0 Å². The molecule has 0 fully saturated rings. The number of hydrogen-bond donors (Lipinski definition) is 1. The summed E-state index contributed by atoms with van der Waals surface area (Å²) in [5, 5.41) is 5.33. The Hall–Kier alpha value is -1.75. The van der Waals surface area contributed by atoms with Gasteiger partial charge in [0.15, 0.2) is 5.13 Å². The van der Waals surface area contributed by atoms with Gasteiger partial charge in [0.05, 0.1) is 5.69 Å². The van der Waals surface area contributed by atoms with E-state index in [9.17, 15) is 4.79 Å². The topological polar surface area (TPSA) is 54.9 Å². The molecule has 0 aromatic carbocycles. The fraction of sp³-hybridized carbons (Fsp3) is 0.308. The fourth-order valence-electron chi connectivity index (χ4n) is 1.50. The molecular formula is C13H15N3OS. The monoisotopic (exact) mass is 261 g/mol. The molecule has 0 atom stereocenters. The molecule has 0 bridgehead atoms. The maximum absolute atomic E-state index is 11.6. The molecule has 2 heterocycles. The van der Waals surface area contributed by atoms with Crippen LogP contribution in [0.4, 0.5) is 5.13 Å². The number of amides is 1. The first-order valence-electron chi connectivity index (χ1n) is 5.82. The fourth-order valence-corrected chi connectivity index (χ4v) is 2.22. The molecule has 0 unspecified atom stereocenters. The molecule has 0 aliphatic heterocycles. The summed E-state index contributed by atoms with van der Waals surface area (Å²) in [6.45, 7) is 4.03. The average molecular weight is 261 g/mol. The number of carbonyl (C=O) groups excluding carboxylic acids is 1. The van der Waals surface area contributed by atoms with Crippen molar-refractivity contribution in [2.45, 2.75) is 20.3 Å². The Bertz CT molecular complexity index is 522. The number of nitrogens with zero attached hydrogens (tertiary/aromatic N) is 2. The van der Waals surface area contributed by atoms with E-state index in [4.69, 9.17) is 0 Å². The smallest absolute Gasteiger partial charge is 0.226 e. The summed E-state index contributed by atoms with van der Waals surface area (Å²) in [6.07, 6.45) is 2.24. The number of anilines is 1. The van der Waals surface area contributed by atoms with Crippen LogP contribution in [-0.2, 0) is 4.79 Å². The van der Waals surface area contributed by atoms with Crippen LogP contribution in [0, 0.1) is 5.92 Å². The Labute approximate surface area is 110 Å². The Morgan fingerprint density at radius 3 is 2.89 bits per heavy atom. The Kier molecular flexibility index (Phi) is 4.04. The molecule has 0 spiro atoms. The molecule has 0 saturated heterocycles. The molecule has 1 amide bonds. The van der Waals surface area contributed by atoms with E-state index in [2.05, 4.69) is 15.3 Å². The minimum atomic E-state index is 0.00641. The van der Waals surface area contributed by atoms with E-state index < -0.39 is 0 Å². The van der Waals surface area contributed by atoms with Gasteiger partial charge in [-0.15, -0.1) is 11.3 Å². The van der Waals surface area contributed by atoms with Crippen LogP contribution in [0.3, 0.4) is 0 Å². The first kappa shape index (κ1) is 12.7. The lowest BCUT2D eigenvalue weighted by molar-refractivity contribution is -0.116. The van der Waals surface area contributed by atoms with Crippen LogP contribution in [0.2, 0.25) is 0 Å². The molecule has 0 saturated carbocycles. The zero-order valence-corrected chi connectivity index (χ0v) is 11.2. The molecule has 4 nitrogen and oxygen atoms in total. The van der Waals surface area contributed by atoms with Gasteiger partial charge in [-0.2, -0.15) is 0 Å². The standard InChI is InChI=1S/C13H15N3OS/c1-9(2)7-12(17)16-13-15-11(8-18-13)10-5-3-4-6-14-10/h3-6,8-9H,7H2,1-2H3,(H,15,16,17). The molecule has 94 valence electrons. The summed E-state index contributed by atoms with van der Waals surface area (Å²) < 4.78 is 0. The molecule has 0 radical (unpaired) electrons. The molecule has 18 heavy (non-hydrogen) atoms. The highest BCUT2D eigenvalue weighted by atomic mass is 32.1. The van der Waals surface area contributed by atoms with Gasteiger partial charge < -0.3 is 5.32 Å². The molecule has 2 aromatic heterocycles. The van der Waals surface area contributed by atoms with Crippen molar-refractivity contribution in [3.63, 3.8) is 0 Å². The second-order valence-corrected chi connectivity index (χ2v) is 5.26. The van der Waals surface area contributed by atoms with Crippen molar-refractivity contribution in [3.05, 3.63) is 29.8 Å². The summed E-state index contributed by atoms with van der Waals surface area (Å²) in [6, 6.07) is 5.68. The van der Waals surface area contributed by atoms with E-state index in [0.29, 0.717) is 17.5 Å². The lowest BCUT2D eigenvalue weighted by Gasteiger charge is -2.03. The Morgan fingerprint density at radius 1 is 1.39 bits per heavy atom. The quantitative estimate of drug-likeness (QED) is 0.919. The Morgan fingerprint density at radius 2 is 2.22 bits per heavy atom. The van der Waals surface area contributed by atoms with Gasteiger partial charge in [0.1, 0.15) is 5.69 Å². The Balaban J connectivity index is 2.05. The van der Waals surface area contributed by atoms with E-state index in [1.54, 1.807) is 6.20 Å². The molecule has 1 N–H and O–H groups in total. The van der Waals surface area contributed by atoms with Gasteiger partial charge >= 0.3 is 0 Å². The highest BCUT2D eigenvalue weighted by molar-refractivity contribution is 7.14. The SMILES string of the molecule is CC(C)CC(=O)Nc1nc(-c2ccccn2)cs1. The third-order valence-corrected chi connectivity index (χ3v) is 3.03. The number of nitrogens with one attached hydrogen (secondary N) is 1. The molecule has 0 aliphatic rings. The summed E-state index contributed by atoms with van der Waals surface area (Å²) in [5.41, 5.74) is 1.61. The van der Waals surface area contributed by atoms with Gasteiger partial charge in [-0.25, -0.2) is 4.98 Å². The van der Waals surface area contributed by atoms with Crippen molar-refractivity contribution in [1.29, 1.82) is 0 Å². The zero-order chi connectivity index (χ0) is 13.0. The van der Waals surface area contributed by atoms with Crippen LogP contribution in [0.1, 0.15) is 20.3 Å². The highest BCUT2D eigenvalue weighted by Crippen LogP contribution is 2.23. The number of aromatic nitrogens is 2. The number of rotatable bonds is 4. The summed E-state index contributed by atoms with van der Waals surface area (Å²) >= 11 is 1.42. The predicted molar refractivity (Wildman–Crippen MR) is 73.4 cm³/mol. The van der Waals surface area contributed by atoms with Crippen molar-refractivity contribution in [2.75, 3.05) is 5.32 Å². The molecule has 2 rings (SSSR count). The lowest BCUT2D eigenvalue weighted by Crippen LogP contribution is -2.13. The second-order valence-electron chi connectivity index (χ2n) is 4.40. The number of hydrogen-bond acceptors (Lipinski definition) is 4. The van der Waals surface area contributed by atoms with E-state index in [0.717, 1.165) is 11.4 Å². The van der Waals surface area contributed by atoms with Crippen LogP contribution < -0.4 is 5.32 Å². The van der Waals surface area contributed by atoms with Crippen LogP contribution >= 0.6 is 11.3 Å². The molecular weight excluding hydrogens is 246 g/mol. The maximum atomic E-state index is 11.6. The van der Waals surface area contributed by atoms with Crippen LogP contribution in [0.5, 0.6) is 0 Å². The predicted octanol–water partition coefficient (Wildman–Crippen LogP) is 3.19. The summed E-state index contributed by atoms with van der Waals surface area (Å²) in [5.74, 6) is 0.354. The van der Waals surface area contributed by atoms with Crippen molar-refractivity contribution in [2.24, 2.45) is 5.92 Å². The van der Waals surface area contributed by atoms with E-state index in [1.165, 1.54) is 11.3 Å². The first-order valence-corrected chi connectivity index (χ1v) is 6.70. The highest BCUT2D eigenvalue weighted by Gasteiger charge is 2.09. The van der Waals surface area contributed by atoms with E-state index in [1.807, 2.05) is 37.4 Å². The van der Waals surface area contributed by atoms with Gasteiger partial charge in [0, 0.05) is 18.0 Å². The van der Waals surface area contributed by atoms with Crippen molar-refractivity contribution < 1.29 is 4.79 Å². The van der Waals surface area contributed by atoms with Crippen LogP contribution in [0.25, 0.3) is 11.4 Å². The molecule has 2 aromatic rings. The minimum absolute atomic E-state index is 0.00641. The molecule has 0 aliphatic carbocycles. The van der Waals surface area contributed by atoms with Gasteiger partial charge in [-0.05, 0) is 18.1 Å². The maximum Gasteiger partial charge on any atom is 0.226 e. The van der Waals surface area contributed by atoms with Gasteiger partial charge in [-0.3, -0.25) is 9.78 Å². The first-order chi connectivity index (χ1) is 8.65. The van der Waals surface area contributed by atoms with Crippen LogP contribution in [0.15, 0.2) is 29.8 Å². The third kappa shape index (κ3) is 3.37. The minimum Gasteiger partial charge on any atom is -0.302 e.